The monoisotopic (exact) mass is 756 g/mol. The molecule has 5 nitrogen and oxygen atoms in total. The van der Waals surface area contributed by atoms with E-state index < -0.39 is 6.04 Å². The first-order chi connectivity index (χ1) is 32.4. The molecule has 0 saturated carbocycles. The average molecular weight is 757 g/mol. The normalized spacial score (nSPS) is 14.3. The van der Waals surface area contributed by atoms with E-state index in [1.165, 1.54) is 28.8 Å². The van der Waals surface area contributed by atoms with Crippen molar-refractivity contribution in [3.63, 3.8) is 0 Å². The molecule has 57 heavy (non-hydrogen) atoms. The molecule has 0 radical (unpaired) electrons. The minimum atomic E-state index is -0.402. The van der Waals surface area contributed by atoms with E-state index >= 15 is 0 Å². The van der Waals surface area contributed by atoms with Crippen LogP contribution in [-0.4, -0.2) is 19.5 Å². The Hall–Kier alpha value is -7.41. The third-order valence-electron chi connectivity index (χ3n) is 10.4. The molecule has 0 aliphatic heterocycles. The van der Waals surface area contributed by atoms with Crippen LogP contribution in [0.15, 0.2) is 186 Å². The van der Waals surface area contributed by atoms with E-state index in [4.69, 9.17) is 33.1 Å². The lowest BCUT2D eigenvalue weighted by atomic mass is 9.97. The summed E-state index contributed by atoms with van der Waals surface area (Å²) in [6.45, 7) is 0. The largest absolute Gasteiger partial charge is 0.456 e. The third-order valence-corrected chi connectivity index (χ3v) is 11.5. The third kappa shape index (κ3) is 4.98. The lowest BCUT2D eigenvalue weighted by molar-refractivity contribution is 0.669. The Balaban J connectivity index is 1.21. The molecular formula is C51H30N4OS. The van der Waals surface area contributed by atoms with Crippen molar-refractivity contribution in [2.75, 3.05) is 0 Å². The second-order valence-electron chi connectivity index (χ2n) is 13.6. The number of hydrogen-bond donors (Lipinski definition) is 0. The highest BCUT2D eigenvalue weighted by atomic mass is 32.1. The summed E-state index contributed by atoms with van der Waals surface area (Å²) < 4.78 is 99.4. The van der Waals surface area contributed by atoms with Gasteiger partial charge < -0.3 is 8.98 Å². The number of fused-ring (bicyclic) bond motifs is 9. The highest BCUT2D eigenvalue weighted by Crippen LogP contribution is 2.44. The molecule has 6 heteroatoms. The molecule has 0 spiro atoms. The molecule has 4 heterocycles. The van der Waals surface area contributed by atoms with Crippen LogP contribution in [0.3, 0.4) is 0 Å². The number of thiophene rings is 1. The zero-order chi connectivity index (χ0) is 46.2. The van der Waals surface area contributed by atoms with E-state index in [1.54, 1.807) is 11.3 Å². The zero-order valence-corrected chi connectivity index (χ0v) is 30.5. The van der Waals surface area contributed by atoms with E-state index in [2.05, 4.69) is 36.4 Å². The van der Waals surface area contributed by atoms with Gasteiger partial charge in [-0.1, -0.05) is 133 Å². The lowest BCUT2D eigenvalue weighted by Crippen LogP contribution is -2.01. The average Bonchev–Trinajstić information content (AvgIpc) is 4.04. The first-order valence-electron chi connectivity index (χ1n) is 23.2. The minimum Gasteiger partial charge on any atom is -0.456 e. The van der Waals surface area contributed by atoms with E-state index in [-0.39, 0.29) is 115 Å². The molecule has 12 aromatic rings. The van der Waals surface area contributed by atoms with Crippen LogP contribution in [0.4, 0.5) is 0 Å². The van der Waals surface area contributed by atoms with Crippen molar-refractivity contribution in [1.29, 1.82) is 0 Å². The van der Waals surface area contributed by atoms with Crippen LogP contribution in [-0.2, 0) is 0 Å². The van der Waals surface area contributed by atoms with Gasteiger partial charge in [0.1, 0.15) is 11.2 Å². The molecule has 0 N–H and O–H groups in total. The second-order valence-corrected chi connectivity index (χ2v) is 14.7. The van der Waals surface area contributed by atoms with Gasteiger partial charge in [-0.05, 0) is 59.6 Å². The fourth-order valence-electron chi connectivity index (χ4n) is 7.90. The fourth-order valence-corrected chi connectivity index (χ4v) is 9.07. The molecule has 0 unspecified atom stereocenters. The maximum atomic E-state index is 9.17. The quantitative estimate of drug-likeness (QED) is 0.175. The minimum absolute atomic E-state index is 0.0448. The SMILES string of the molecule is [2H]c1cc2c(c([2H])c1[2H])c1c([2H])c([2H])cc([2H])c1n2-c1cc([2H])c([2H])c2oc3c([2H])c([2H])cc(-c4nc(-c5ccccc5)nc(-c5cc(-c6ccccc6)c6c(c5)sc5ccccc56)n4)c3c12. The van der Waals surface area contributed by atoms with Crippen LogP contribution < -0.4 is 0 Å². The summed E-state index contributed by atoms with van der Waals surface area (Å²) in [5.74, 6) is 0.764. The number of nitrogens with zero attached hydrogens (tertiary/aromatic N) is 4. The van der Waals surface area contributed by atoms with Crippen LogP contribution in [0.1, 0.15) is 13.7 Å². The first kappa shape index (κ1) is 23.5. The molecular weight excluding hydrogens is 717 g/mol. The van der Waals surface area contributed by atoms with E-state index in [9.17, 15) is 0 Å². The Kier molecular flexibility index (Phi) is 5.18. The van der Waals surface area contributed by atoms with Gasteiger partial charge in [0.15, 0.2) is 17.5 Å². The number of furan rings is 1. The Morgan fingerprint density at radius 3 is 2.02 bits per heavy atom. The Morgan fingerprint density at radius 1 is 0.456 bits per heavy atom. The molecule has 0 amide bonds. The topological polar surface area (TPSA) is 56.7 Å². The van der Waals surface area contributed by atoms with Crippen LogP contribution in [0.25, 0.3) is 115 Å². The van der Waals surface area contributed by atoms with Crippen molar-refractivity contribution in [3.05, 3.63) is 182 Å². The molecule has 0 fully saturated rings. The summed E-state index contributed by atoms with van der Waals surface area (Å²) in [5, 5.41) is 2.75. The summed E-state index contributed by atoms with van der Waals surface area (Å²) in [6, 6.07) is 34.4. The molecule has 0 bridgehead atoms. The summed E-state index contributed by atoms with van der Waals surface area (Å²) in [6.07, 6.45) is 0. The number of benzene rings is 8. The first-order valence-corrected chi connectivity index (χ1v) is 19.0. The van der Waals surface area contributed by atoms with E-state index in [0.717, 1.165) is 31.3 Å². The van der Waals surface area contributed by atoms with Crippen molar-refractivity contribution in [3.8, 4) is 51.0 Å². The van der Waals surface area contributed by atoms with Gasteiger partial charge >= 0.3 is 0 Å². The number of para-hydroxylation sites is 2. The highest BCUT2D eigenvalue weighted by molar-refractivity contribution is 7.26. The summed E-state index contributed by atoms with van der Waals surface area (Å²) in [4.78, 5) is 15.3. The van der Waals surface area contributed by atoms with Crippen molar-refractivity contribution < 1.29 is 18.1 Å². The second kappa shape index (κ2) is 12.6. The summed E-state index contributed by atoms with van der Waals surface area (Å²) in [7, 11) is 0. The van der Waals surface area contributed by atoms with Gasteiger partial charge in [-0.25, -0.2) is 15.0 Å². The molecule has 0 saturated heterocycles. The fraction of sp³-hybridized carbons (Fsp3) is 0. The number of aromatic nitrogens is 4. The van der Waals surface area contributed by atoms with Crippen LogP contribution >= 0.6 is 11.3 Å². The van der Waals surface area contributed by atoms with Crippen molar-refractivity contribution in [2.24, 2.45) is 0 Å². The van der Waals surface area contributed by atoms with Gasteiger partial charge in [-0.15, -0.1) is 11.3 Å². The standard InChI is InChI=1S/C51H30N4OS/c1-3-15-31(16-4-1)38-29-33(30-45-46(38)36-21-9-12-28-44(36)57-45)50-52-49(32-17-5-2-6-18-32)53-51(54-50)37-22-13-26-42-47(37)48-41(25-14-27-43(48)56-42)55-39-23-10-7-19-34(39)35-20-8-11-24-40(35)55/h1-30H/i7D,8D,10D,13D,14D,19D,20D,24D,26D,27D. The van der Waals surface area contributed by atoms with Crippen molar-refractivity contribution in [1.82, 2.24) is 19.5 Å². The van der Waals surface area contributed by atoms with Crippen molar-refractivity contribution in [2.45, 2.75) is 0 Å². The molecule has 8 aromatic carbocycles. The number of hydrogen-bond acceptors (Lipinski definition) is 5. The van der Waals surface area contributed by atoms with Gasteiger partial charge in [0, 0.05) is 53.0 Å². The van der Waals surface area contributed by atoms with Gasteiger partial charge in [0.2, 0.25) is 0 Å². The molecule has 266 valence electrons. The molecule has 4 aromatic heterocycles. The predicted molar refractivity (Wildman–Crippen MR) is 236 cm³/mol. The van der Waals surface area contributed by atoms with E-state index in [0.29, 0.717) is 22.8 Å². The zero-order valence-electron chi connectivity index (χ0n) is 39.7. The molecule has 0 atom stereocenters. The van der Waals surface area contributed by atoms with Crippen LogP contribution in [0, 0.1) is 0 Å². The summed E-state index contributed by atoms with van der Waals surface area (Å²) >= 11 is 1.66. The Bertz CT molecular complexity index is 4120. The maximum absolute atomic E-state index is 9.17. The Labute approximate surface area is 344 Å². The summed E-state index contributed by atoms with van der Waals surface area (Å²) in [5.41, 5.74) is 3.80. The van der Waals surface area contributed by atoms with Gasteiger partial charge in [0.25, 0.3) is 0 Å². The highest BCUT2D eigenvalue weighted by Gasteiger charge is 2.23. The smallest absolute Gasteiger partial charge is 0.164 e. The van der Waals surface area contributed by atoms with Crippen LogP contribution in [0.5, 0.6) is 0 Å². The molecule has 12 rings (SSSR count). The Morgan fingerprint density at radius 2 is 1.16 bits per heavy atom. The molecule has 0 aliphatic rings. The number of rotatable bonds is 5. The predicted octanol–water partition coefficient (Wildman–Crippen LogP) is 13.9. The van der Waals surface area contributed by atoms with Gasteiger partial charge in [-0.2, -0.15) is 0 Å². The van der Waals surface area contributed by atoms with E-state index in [1.807, 2.05) is 60.7 Å². The lowest BCUT2D eigenvalue weighted by Gasteiger charge is -2.12. The van der Waals surface area contributed by atoms with Gasteiger partial charge in [0.05, 0.1) is 35.8 Å². The van der Waals surface area contributed by atoms with Crippen molar-refractivity contribution >= 4 is 75.3 Å². The van der Waals surface area contributed by atoms with Gasteiger partial charge in [-0.3, -0.25) is 0 Å². The van der Waals surface area contributed by atoms with Crippen LogP contribution in [0.2, 0.25) is 0 Å². The molecule has 0 aliphatic carbocycles. The maximum Gasteiger partial charge on any atom is 0.164 e.